The molecule has 0 unspecified atom stereocenters. The first-order valence-corrected chi connectivity index (χ1v) is 5.97. The molecule has 0 atom stereocenters. The molecule has 0 radical (unpaired) electrons. The summed E-state index contributed by atoms with van der Waals surface area (Å²) in [6.07, 6.45) is 1.93. The normalized spacial score (nSPS) is 9.83. The van der Waals surface area contributed by atoms with Crippen molar-refractivity contribution in [3.05, 3.63) is 28.8 Å². The Kier molecular flexibility index (Phi) is 5.19. The van der Waals surface area contributed by atoms with Gasteiger partial charge in [-0.1, -0.05) is 0 Å². The number of amides is 1. The molecule has 0 fully saturated rings. The van der Waals surface area contributed by atoms with Gasteiger partial charge in [-0.2, -0.15) is 5.26 Å². The standard InChI is InChI=1S/C14H18N2O2/c1-10-7-12(9-15)8-11(2)14(10)18-6-4-3-5-13(16)17/h7-8H,3-6H2,1-2H3,(H2,16,17). The Hall–Kier alpha value is -2.02. The van der Waals surface area contributed by atoms with Gasteiger partial charge in [0.25, 0.3) is 0 Å². The zero-order chi connectivity index (χ0) is 13.5. The lowest BCUT2D eigenvalue weighted by Crippen LogP contribution is -2.10. The van der Waals surface area contributed by atoms with Gasteiger partial charge in [0, 0.05) is 6.42 Å². The highest BCUT2D eigenvalue weighted by atomic mass is 16.5. The number of unbranched alkanes of at least 4 members (excludes halogenated alkanes) is 1. The van der Waals surface area contributed by atoms with Crippen molar-refractivity contribution in [2.24, 2.45) is 5.73 Å². The predicted octanol–water partition coefficient (Wildman–Crippen LogP) is 2.21. The number of ether oxygens (including phenoxy) is 1. The highest BCUT2D eigenvalue weighted by Gasteiger charge is 2.06. The van der Waals surface area contributed by atoms with Crippen molar-refractivity contribution in [2.75, 3.05) is 6.61 Å². The Morgan fingerprint density at radius 1 is 1.33 bits per heavy atom. The van der Waals surface area contributed by atoms with E-state index in [9.17, 15) is 4.79 Å². The molecule has 1 amide bonds. The van der Waals surface area contributed by atoms with E-state index >= 15 is 0 Å². The Bertz CT molecular complexity index is 452. The van der Waals surface area contributed by atoms with Crippen LogP contribution >= 0.6 is 0 Å². The minimum atomic E-state index is -0.277. The van der Waals surface area contributed by atoms with Crippen molar-refractivity contribution in [1.29, 1.82) is 5.26 Å². The van der Waals surface area contributed by atoms with E-state index in [1.165, 1.54) is 0 Å². The van der Waals surface area contributed by atoms with Crippen molar-refractivity contribution in [3.8, 4) is 11.8 Å². The maximum Gasteiger partial charge on any atom is 0.217 e. The smallest absolute Gasteiger partial charge is 0.217 e. The Morgan fingerprint density at radius 3 is 2.44 bits per heavy atom. The van der Waals surface area contributed by atoms with Crippen LogP contribution in [0.25, 0.3) is 0 Å². The minimum absolute atomic E-state index is 0.277. The first kappa shape index (κ1) is 14.0. The Morgan fingerprint density at radius 2 is 1.94 bits per heavy atom. The molecule has 0 aromatic heterocycles. The molecule has 4 heteroatoms. The summed E-state index contributed by atoms with van der Waals surface area (Å²) in [4.78, 5) is 10.6. The third-order valence-electron chi connectivity index (χ3n) is 2.65. The van der Waals surface area contributed by atoms with Crippen LogP contribution < -0.4 is 10.5 Å². The average molecular weight is 246 g/mol. The third-order valence-corrected chi connectivity index (χ3v) is 2.65. The highest BCUT2D eigenvalue weighted by molar-refractivity contribution is 5.73. The highest BCUT2D eigenvalue weighted by Crippen LogP contribution is 2.24. The fourth-order valence-electron chi connectivity index (χ4n) is 1.82. The summed E-state index contributed by atoms with van der Waals surface area (Å²) in [7, 11) is 0. The summed E-state index contributed by atoms with van der Waals surface area (Å²) in [5, 5.41) is 8.84. The van der Waals surface area contributed by atoms with Gasteiger partial charge in [0.1, 0.15) is 5.75 Å². The number of nitrogens with zero attached hydrogens (tertiary/aromatic N) is 1. The number of hydrogen-bond donors (Lipinski definition) is 1. The van der Waals surface area contributed by atoms with Crippen LogP contribution in [0, 0.1) is 25.2 Å². The number of carbonyl (C=O) groups excluding carboxylic acids is 1. The molecule has 96 valence electrons. The number of nitrogens with two attached hydrogens (primary N) is 1. The molecule has 1 rings (SSSR count). The molecule has 0 bridgehead atoms. The predicted molar refractivity (Wildman–Crippen MR) is 69.2 cm³/mol. The lowest BCUT2D eigenvalue weighted by Gasteiger charge is -2.12. The van der Waals surface area contributed by atoms with Gasteiger partial charge < -0.3 is 10.5 Å². The minimum Gasteiger partial charge on any atom is -0.493 e. The van der Waals surface area contributed by atoms with Crippen LogP contribution in [0.2, 0.25) is 0 Å². The van der Waals surface area contributed by atoms with E-state index in [1.54, 1.807) is 0 Å². The monoisotopic (exact) mass is 246 g/mol. The molecule has 18 heavy (non-hydrogen) atoms. The van der Waals surface area contributed by atoms with Gasteiger partial charge in [-0.3, -0.25) is 4.79 Å². The molecule has 4 nitrogen and oxygen atoms in total. The summed E-state index contributed by atoms with van der Waals surface area (Å²) in [6.45, 7) is 4.40. The largest absolute Gasteiger partial charge is 0.493 e. The topological polar surface area (TPSA) is 76.1 Å². The summed E-state index contributed by atoms with van der Waals surface area (Å²) >= 11 is 0. The number of rotatable bonds is 6. The summed E-state index contributed by atoms with van der Waals surface area (Å²) < 4.78 is 5.69. The van der Waals surface area contributed by atoms with E-state index in [1.807, 2.05) is 26.0 Å². The SMILES string of the molecule is Cc1cc(C#N)cc(C)c1OCCCCC(N)=O. The second-order valence-electron chi connectivity index (χ2n) is 4.32. The Labute approximate surface area is 107 Å². The van der Waals surface area contributed by atoms with E-state index in [0.717, 1.165) is 29.7 Å². The van der Waals surface area contributed by atoms with Crippen molar-refractivity contribution in [3.63, 3.8) is 0 Å². The van der Waals surface area contributed by atoms with Crippen LogP contribution in [0.4, 0.5) is 0 Å². The summed E-state index contributed by atoms with van der Waals surface area (Å²) in [5.41, 5.74) is 7.62. The van der Waals surface area contributed by atoms with Crippen LogP contribution in [0.15, 0.2) is 12.1 Å². The number of carbonyl (C=O) groups is 1. The number of benzene rings is 1. The van der Waals surface area contributed by atoms with Crippen molar-refractivity contribution in [1.82, 2.24) is 0 Å². The van der Waals surface area contributed by atoms with Gasteiger partial charge in [0.15, 0.2) is 0 Å². The quantitative estimate of drug-likeness (QED) is 0.782. The molecule has 0 spiro atoms. The molecular formula is C14H18N2O2. The zero-order valence-electron chi connectivity index (χ0n) is 10.8. The lowest BCUT2D eigenvalue weighted by molar-refractivity contribution is -0.118. The maximum atomic E-state index is 10.6. The number of primary amides is 1. The lowest BCUT2D eigenvalue weighted by atomic mass is 10.1. The number of hydrogen-bond acceptors (Lipinski definition) is 3. The van der Waals surface area contributed by atoms with Gasteiger partial charge in [-0.15, -0.1) is 0 Å². The molecule has 0 aliphatic rings. The first-order chi connectivity index (χ1) is 8.54. The second kappa shape index (κ2) is 6.65. The Balaban J connectivity index is 2.53. The summed E-state index contributed by atoms with van der Waals surface area (Å²) in [6, 6.07) is 5.74. The van der Waals surface area contributed by atoms with Crippen molar-refractivity contribution in [2.45, 2.75) is 33.1 Å². The fourth-order valence-corrected chi connectivity index (χ4v) is 1.82. The van der Waals surface area contributed by atoms with E-state index in [4.69, 9.17) is 15.7 Å². The first-order valence-electron chi connectivity index (χ1n) is 5.97. The maximum absolute atomic E-state index is 10.6. The van der Waals surface area contributed by atoms with Gasteiger partial charge in [-0.05, 0) is 49.9 Å². The van der Waals surface area contributed by atoms with E-state index in [-0.39, 0.29) is 5.91 Å². The van der Waals surface area contributed by atoms with Crippen LogP contribution in [0.1, 0.15) is 36.0 Å². The van der Waals surface area contributed by atoms with Crippen molar-refractivity contribution >= 4 is 5.91 Å². The number of aryl methyl sites for hydroxylation is 2. The molecule has 0 saturated carbocycles. The molecular weight excluding hydrogens is 228 g/mol. The van der Waals surface area contributed by atoms with Gasteiger partial charge >= 0.3 is 0 Å². The van der Waals surface area contributed by atoms with Gasteiger partial charge in [-0.25, -0.2) is 0 Å². The van der Waals surface area contributed by atoms with Gasteiger partial charge in [0.2, 0.25) is 5.91 Å². The molecule has 2 N–H and O–H groups in total. The molecule has 1 aromatic rings. The molecule has 0 heterocycles. The third kappa shape index (κ3) is 4.10. The fraction of sp³-hybridized carbons (Fsp3) is 0.429. The molecule has 1 aromatic carbocycles. The van der Waals surface area contributed by atoms with Crippen molar-refractivity contribution < 1.29 is 9.53 Å². The van der Waals surface area contributed by atoms with Crippen LogP contribution in [0.5, 0.6) is 5.75 Å². The number of nitriles is 1. The van der Waals surface area contributed by atoms with Crippen LogP contribution in [-0.2, 0) is 4.79 Å². The van der Waals surface area contributed by atoms with E-state index < -0.39 is 0 Å². The van der Waals surface area contributed by atoms with E-state index in [2.05, 4.69) is 6.07 Å². The van der Waals surface area contributed by atoms with Crippen LogP contribution in [0.3, 0.4) is 0 Å². The van der Waals surface area contributed by atoms with Crippen LogP contribution in [-0.4, -0.2) is 12.5 Å². The second-order valence-corrected chi connectivity index (χ2v) is 4.32. The zero-order valence-corrected chi connectivity index (χ0v) is 10.8. The molecule has 0 aliphatic heterocycles. The van der Waals surface area contributed by atoms with E-state index in [0.29, 0.717) is 18.6 Å². The summed E-state index contributed by atoms with van der Waals surface area (Å²) in [5.74, 6) is 0.550. The van der Waals surface area contributed by atoms with Gasteiger partial charge in [0.05, 0.1) is 18.2 Å². The molecule has 0 saturated heterocycles. The molecule has 0 aliphatic carbocycles. The average Bonchev–Trinajstić information content (AvgIpc) is 2.31.